The molecule has 2 aromatic heterocycles. The van der Waals surface area contributed by atoms with Gasteiger partial charge in [-0.3, -0.25) is 9.00 Å². The zero-order chi connectivity index (χ0) is 19.0. The Balaban J connectivity index is 1.70. The summed E-state index contributed by atoms with van der Waals surface area (Å²) in [5.74, 6) is -0.229. The molecule has 1 aliphatic rings. The normalized spacial score (nSPS) is 16.1. The van der Waals surface area contributed by atoms with E-state index in [4.69, 9.17) is 4.74 Å². The summed E-state index contributed by atoms with van der Waals surface area (Å²) in [7, 11) is -1.14. The number of benzene rings is 1. The number of hydrogen-bond donors (Lipinski definition) is 1. The Hall–Kier alpha value is -2.10. The van der Waals surface area contributed by atoms with E-state index in [-0.39, 0.29) is 12.5 Å². The average molecular weight is 421 g/mol. The fourth-order valence-corrected chi connectivity index (χ4v) is 6.63. The second kappa shape index (κ2) is 7.49. The zero-order valence-electron chi connectivity index (χ0n) is 14.4. The Morgan fingerprint density at radius 1 is 1.37 bits per heavy atom. The zero-order valence-corrected chi connectivity index (χ0v) is 16.9. The van der Waals surface area contributed by atoms with Crippen molar-refractivity contribution >= 4 is 60.6 Å². The monoisotopic (exact) mass is 420 g/mol. The number of rotatable bonds is 4. The largest absolute Gasteiger partial charge is 0.462 e. The van der Waals surface area contributed by atoms with Gasteiger partial charge in [0.2, 0.25) is 0 Å². The molecule has 9 heteroatoms. The van der Waals surface area contributed by atoms with Gasteiger partial charge in [-0.25, -0.2) is 9.78 Å². The van der Waals surface area contributed by atoms with Crippen molar-refractivity contribution in [3.8, 4) is 0 Å². The molecule has 1 atom stereocenters. The van der Waals surface area contributed by atoms with Gasteiger partial charge in [-0.1, -0.05) is 0 Å². The summed E-state index contributed by atoms with van der Waals surface area (Å²) in [6, 6.07) is 5.27. The van der Waals surface area contributed by atoms with E-state index in [1.54, 1.807) is 30.6 Å². The van der Waals surface area contributed by atoms with Crippen molar-refractivity contribution in [2.24, 2.45) is 0 Å². The van der Waals surface area contributed by atoms with Gasteiger partial charge in [0, 0.05) is 11.3 Å². The third-order valence-electron chi connectivity index (χ3n) is 4.23. The van der Waals surface area contributed by atoms with Crippen LogP contribution in [0.1, 0.15) is 39.6 Å². The molecule has 0 spiro atoms. The van der Waals surface area contributed by atoms with Crippen LogP contribution < -0.4 is 5.32 Å². The molecule has 0 saturated heterocycles. The lowest BCUT2D eigenvalue weighted by molar-refractivity contribution is 0.0526. The van der Waals surface area contributed by atoms with Gasteiger partial charge >= 0.3 is 5.97 Å². The van der Waals surface area contributed by atoms with E-state index < -0.39 is 16.8 Å². The van der Waals surface area contributed by atoms with Crippen LogP contribution in [0.3, 0.4) is 0 Å². The second-order valence-electron chi connectivity index (χ2n) is 5.93. The smallest absolute Gasteiger partial charge is 0.341 e. The van der Waals surface area contributed by atoms with Crippen molar-refractivity contribution in [3.63, 3.8) is 0 Å². The maximum absolute atomic E-state index is 12.8. The van der Waals surface area contributed by atoms with Crippen LogP contribution in [0.4, 0.5) is 5.00 Å². The molecule has 0 radical (unpaired) electrons. The first-order valence-corrected chi connectivity index (χ1v) is 11.5. The Morgan fingerprint density at radius 3 is 3.04 bits per heavy atom. The number of aromatic nitrogens is 1. The Kier molecular flexibility index (Phi) is 5.07. The van der Waals surface area contributed by atoms with Crippen molar-refractivity contribution in [2.45, 2.75) is 24.0 Å². The number of carbonyl (C=O) groups excluding carboxylic acids is 2. The highest BCUT2D eigenvalue weighted by Crippen LogP contribution is 2.40. The summed E-state index contributed by atoms with van der Waals surface area (Å²) < 4.78 is 19.1. The van der Waals surface area contributed by atoms with E-state index in [1.807, 2.05) is 0 Å². The van der Waals surface area contributed by atoms with Gasteiger partial charge in [0.05, 0.1) is 42.9 Å². The molecule has 1 aromatic carbocycles. The fourth-order valence-electron chi connectivity index (χ4n) is 3.01. The number of thiophene rings is 1. The number of esters is 1. The first-order chi connectivity index (χ1) is 13.1. The topological polar surface area (TPSA) is 85.4 Å². The molecule has 0 fully saturated rings. The summed E-state index contributed by atoms with van der Waals surface area (Å²) in [6.45, 7) is 1.97. The second-order valence-corrected chi connectivity index (χ2v) is 9.61. The van der Waals surface area contributed by atoms with Crippen molar-refractivity contribution < 1.29 is 18.5 Å². The van der Waals surface area contributed by atoms with E-state index in [0.717, 1.165) is 22.2 Å². The number of amides is 1. The van der Waals surface area contributed by atoms with Gasteiger partial charge in [-0.2, -0.15) is 0 Å². The summed E-state index contributed by atoms with van der Waals surface area (Å²) in [4.78, 5) is 29.5. The van der Waals surface area contributed by atoms with Gasteiger partial charge in [0.1, 0.15) is 5.00 Å². The first-order valence-electron chi connectivity index (χ1n) is 8.44. The molecule has 0 aliphatic carbocycles. The van der Waals surface area contributed by atoms with E-state index >= 15 is 0 Å². The lowest BCUT2D eigenvalue weighted by Gasteiger charge is -2.12. The van der Waals surface area contributed by atoms with Crippen LogP contribution in [0.25, 0.3) is 10.2 Å². The number of anilines is 1. The van der Waals surface area contributed by atoms with E-state index in [9.17, 15) is 13.8 Å². The predicted octanol–water partition coefficient (Wildman–Crippen LogP) is 3.84. The minimum Gasteiger partial charge on any atom is -0.462 e. The van der Waals surface area contributed by atoms with Crippen LogP contribution in [-0.2, 0) is 22.0 Å². The van der Waals surface area contributed by atoms with Crippen LogP contribution in [0.15, 0.2) is 27.9 Å². The standard InChI is InChI=1S/C18H16N2O4S3/c1-2-24-17(22)14-11-4-3-7-27(23)18(11)26-16(14)20-15(21)10-5-6-12-13(8-10)25-9-19-12/h5-6,8-9H,2-4,7H2,1H3,(H,20,21). The van der Waals surface area contributed by atoms with Crippen LogP contribution in [0, 0.1) is 0 Å². The molecule has 4 rings (SSSR count). The molecule has 1 aliphatic heterocycles. The lowest BCUT2D eigenvalue weighted by atomic mass is 10.1. The highest BCUT2D eigenvalue weighted by molar-refractivity contribution is 7.87. The number of hydrogen-bond acceptors (Lipinski definition) is 7. The number of fused-ring (bicyclic) bond motifs is 2. The van der Waals surface area contributed by atoms with Gasteiger partial charge in [-0.05, 0) is 43.5 Å². The summed E-state index contributed by atoms with van der Waals surface area (Å²) in [6.07, 6.45) is 1.41. The van der Waals surface area contributed by atoms with Crippen molar-refractivity contribution in [2.75, 3.05) is 17.7 Å². The molecule has 3 aromatic rings. The third kappa shape index (κ3) is 3.42. The molecule has 6 nitrogen and oxygen atoms in total. The molecule has 0 saturated carbocycles. The van der Waals surface area contributed by atoms with Crippen molar-refractivity contribution in [3.05, 3.63) is 40.4 Å². The molecule has 1 unspecified atom stereocenters. The molecule has 1 N–H and O–H groups in total. The molecule has 0 bridgehead atoms. The summed E-state index contributed by atoms with van der Waals surface area (Å²) >= 11 is 2.67. The van der Waals surface area contributed by atoms with Gasteiger partial charge in [-0.15, -0.1) is 22.7 Å². The van der Waals surface area contributed by atoms with E-state index in [2.05, 4.69) is 10.3 Å². The van der Waals surface area contributed by atoms with Crippen molar-refractivity contribution in [1.29, 1.82) is 0 Å². The number of carbonyl (C=O) groups is 2. The van der Waals surface area contributed by atoms with Gasteiger partial charge in [0.25, 0.3) is 5.91 Å². The minimum absolute atomic E-state index is 0.238. The molecular weight excluding hydrogens is 404 g/mol. The minimum atomic E-state index is -1.14. The molecule has 27 heavy (non-hydrogen) atoms. The Morgan fingerprint density at radius 2 is 2.22 bits per heavy atom. The van der Waals surface area contributed by atoms with Crippen LogP contribution in [0.5, 0.6) is 0 Å². The number of ether oxygens (including phenoxy) is 1. The van der Waals surface area contributed by atoms with Gasteiger partial charge < -0.3 is 10.1 Å². The highest BCUT2D eigenvalue weighted by atomic mass is 32.2. The van der Waals surface area contributed by atoms with Crippen LogP contribution in [-0.4, -0.2) is 33.4 Å². The number of nitrogens with one attached hydrogen (secondary N) is 1. The molecule has 140 valence electrons. The maximum atomic E-state index is 12.8. The number of thiazole rings is 1. The van der Waals surface area contributed by atoms with E-state index in [0.29, 0.717) is 32.5 Å². The quantitative estimate of drug-likeness (QED) is 0.648. The van der Waals surface area contributed by atoms with E-state index in [1.165, 1.54) is 22.7 Å². The fraction of sp³-hybridized carbons (Fsp3) is 0.278. The maximum Gasteiger partial charge on any atom is 0.341 e. The number of nitrogens with zero attached hydrogens (tertiary/aromatic N) is 1. The SMILES string of the molecule is CCOC(=O)c1c(NC(=O)c2ccc3ncsc3c2)sc2c1CCCS2=O. The van der Waals surface area contributed by atoms with Crippen LogP contribution in [0.2, 0.25) is 0 Å². The summed E-state index contributed by atoms with van der Waals surface area (Å²) in [5, 5.41) is 3.23. The summed E-state index contributed by atoms with van der Waals surface area (Å²) in [5.41, 5.74) is 4.14. The lowest BCUT2D eigenvalue weighted by Crippen LogP contribution is -2.16. The Labute approximate surface area is 166 Å². The predicted molar refractivity (Wildman–Crippen MR) is 107 cm³/mol. The van der Waals surface area contributed by atoms with Crippen molar-refractivity contribution in [1.82, 2.24) is 4.98 Å². The van der Waals surface area contributed by atoms with Crippen LogP contribution >= 0.6 is 22.7 Å². The highest BCUT2D eigenvalue weighted by Gasteiger charge is 2.30. The Bertz CT molecular complexity index is 1070. The first kappa shape index (κ1) is 18.3. The third-order valence-corrected chi connectivity index (χ3v) is 8.09. The molecule has 1 amide bonds. The average Bonchev–Trinajstić information content (AvgIpc) is 3.26. The molecular formula is C18H16N2O4S3. The molecule has 3 heterocycles. The van der Waals surface area contributed by atoms with Gasteiger partial charge in [0.15, 0.2) is 0 Å².